The highest BCUT2D eigenvalue weighted by Gasteiger charge is 2.06. The van der Waals surface area contributed by atoms with Crippen molar-refractivity contribution in [3.63, 3.8) is 0 Å². The highest BCUT2D eigenvalue weighted by Crippen LogP contribution is 2.08. The van der Waals surface area contributed by atoms with Gasteiger partial charge >= 0.3 is 0 Å². The summed E-state index contributed by atoms with van der Waals surface area (Å²) in [6, 6.07) is 3.45. The van der Waals surface area contributed by atoms with Crippen LogP contribution in [-0.2, 0) is 6.54 Å². The minimum Gasteiger partial charge on any atom is -0.454 e. The lowest BCUT2D eigenvalue weighted by molar-refractivity contribution is 0.0972. The number of hydrogen-bond donors (Lipinski definition) is 3. The molecular weight excluding hydrogens is 347 g/mol. The zero-order chi connectivity index (χ0) is 12.8. The number of carbonyl (C=O) groups is 1. The predicted octanol–water partition coefficient (Wildman–Crippen LogP) is 1.20. The summed E-state index contributed by atoms with van der Waals surface area (Å²) in [5.74, 6) is 0.443. The second-order valence-corrected chi connectivity index (χ2v) is 3.79. The van der Waals surface area contributed by atoms with Crippen LogP contribution in [-0.4, -0.2) is 17.9 Å². The highest BCUT2D eigenvalue weighted by atomic mass is 127. The molecule has 1 aromatic rings. The molecule has 0 saturated carbocycles. The van der Waals surface area contributed by atoms with E-state index in [1.54, 1.807) is 6.07 Å². The lowest BCUT2D eigenvalue weighted by atomic mass is 10.3. The summed E-state index contributed by atoms with van der Waals surface area (Å²) in [6.45, 7) is 4.35. The highest BCUT2D eigenvalue weighted by molar-refractivity contribution is 14.0. The Hall–Kier alpha value is -1.25. The number of carbonyl (C=O) groups excluding carboxylic acids is 1. The van der Waals surface area contributed by atoms with E-state index in [2.05, 4.69) is 17.2 Å². The van der Waals surface area contributed by atoms with E-state index in [1.807, 2.05) is 6.92 Å². The van der Waals surface area contributed by atoms with Crippen molar-refractivity contribution in [2.75, 3.05) is 0 Å². The van der Waals surface area contributed by atoms with Crippen molar-refractivity contribution in [2.45, 2.75) is 32.9 Å². The molecule has 1 rings (SSSR count). The van der Waals surface area contributed by atoms with Gasteiger partial charge in [-0.05, 0) is 25.5 Å². The molecule has 102 valence electrons. The number of hydrogen-bond acceptors (Lipinski definition) is 3. The molecule has 0 spiro atoms. The van der Waals surface area contributed by atoms with Crippen molar-refractivity contribution in [3.8, 4) is 0 Å². The molecule has 1 atom stereocenters. The van der Waals surface area contributed by atoms with E-state index in [4.69, 9.17) is 15.9 Å². The fourth-order valence-electron chi connectivity index (χ4n) is 1.16. The summed E-state index contributed by atoms with van der Waals surface area (Å²) in [4.78, 5) is 14.9. The number of primary amides is 1. The molecule has 5 N–H and O–H groups in total. The number of nitrogens with zero attached hydrogens (tertiary/aromatic N) is 1. The molecule has 1 heterocycles. The molecule has 0 aliphatic heterocycles. The Morgan fingerprint density at radius 2 is 2.17 bits per heavy atom. The van der Waals surface area contributed by atoms with E-state index in [0.717, 1.165) is 6.42 Å². The molecule has 0 aromatic carbocycles. The van der Waals surface area contributed by atoms with Crippen molar-refractivity contribution in [3.05, 3.63) is 23.7 Å². The minimum atomic E-state index is -0.592. The summed E-state index contributed by atoms with van der Waals surface area (Å²) in [7, 11) is 0. The number of rotatable bonds is 5. The molecule has 1 amide bonds. The monoisotopic (exact) mass is 366 g/mol. The van der Waals surface area contributed by atoms with Crippen LogP contribution in [0.1, 0.15) is 36.6 Å². The van der Waals surface area contributed by atoms with Crippen LogP contribution in [0.4, 0.5) is 0 Å². The molecule has 0 aliphatic rings. The predicted molar refractivity (Wildman–Crippen MR) is 80.9 cm³/mol. The van der Waals surface area contributed by atoms with Gasteiger partial charge in [0.25, 0.3) is 5.91 Å². The van der Waals surface area contributed by atoms with E-state index in [-0.39, 0.29) is 42.3 Å². The van der Waals surface area contributed by atoms with Crippen LogP contribution in [0.25, 0.3) is 0 Å². The first kappa shape index (κ1) is 16.8. The average molecular weight is 366 g/mol. The zero-order valence-electron chi connectivity index (χ0n) is 10.5. The molecule has 1 unspecified atom stereocenters. The van der Waals surface area contributed by atoms with Crippen LogP contribution in [0, 0.1) is 0 Å². The third-order valence-corrected chi connectivity index (χ3v) is 2.32. The van der Waals surface area contributed by atoms with Gasteiger partial charge in [0.2, 0.25) is 0 Å². The van der Waals surface area contributed by atoms with Crippen molar-refractivity contribution in [1.29, 1.82) is 0 Å². The van der Waals surface area contributed by atoms with Crippen LogP contribution in [0.5, 0.6) is 0 Å². The van der Waals surface area contributed by atoms with Gasteiger partial charge in [0.1, 0.15) is 12.3 Å². The first-order valence-electron chi connectivity index (χ1n) is 5.48. The third-order valence-electron chi connectivity index (χ3n) is 2.32. The number of furan rings is 1. The number of halogens is 1. The molecule has 0 radical (unpaired) electrons. The number of aliphatic imine (C=N–C) groups is 1. The summed E-state index contributed by atoms with van der Waals surface area (Å²) in [6.07, 6.45) is 0.961. The van der Waals surface area contributed by atoms with Gasteiger partial charge in [-0.3, -0.25) is 4.79 Å². The van der Waals surface area contributed by atoms with Gasteiger partial charge in [0.15, 0.2) is 11.7 Å². The molecule has 0 fully saturated rings. The van der Waals surface area contributed by atoms with Crippen LogP contribution >= 0.6 is 24.0 Å². The normalized spacial score (nSPS) is 12.7. The summed E-state index contributed by atoms with van der Waals surface area (Å²) in [5.41, 5.74) is 10.7. The number of nitrogens with two attached hydrogens (primary N) is 2. The van der Waals surface area contributed by atoms with Crippen molar-refractivity contribution >= 4 is 35.8 Å². The lowest BCUT2D eigenvalue weighted by Crippen LogP contribution is -2.38. The maximum absolute atomic E-state index is 10.8. The second-order valence-electron chi connectivity index (χ2n) is 3.79. The van der Waals surface area contributed by atoms with Gasteiger partial charge in [-0.2, -0.15) is 0 Å². The first-order valence-corrected chi connectivity index (χ1v) is 5.48. The number of amides is 1. The number of nitrogens with one attached hydrogen (secondary N) is 1. The maximum Gasteiger partial charge on any atom is 0.284 e. The Kier molecular flexibility index (Phi) is 7.41. The SMILES string of the molecule is CCC(C)NC(N)=NCc1ccc(C(N)=O)o1.I. The number of guanidine groups is 1. The Balaban J connectivity index is 0.00000289. The smallest absolute Gasteiger partial charge is 0.284 e. The van der Waals surface area contributed by atoms with Gasteiger partial charge in [-0.1, -0.05) is 6.92 Å². The van der Waals surface area contributed by atoms with Gasteiger partial charge in [0.05, 0.1) is 0 Å². The fraction of sp³-hybridized carbons (Fsp3) is 0.455. The molecule has 0 bridgehead atoms. The molecular formula is C11H19IN4O2. The van der Waals surface area contributed by atoms with E-state index < -0.39 is 5.91 Å². The molecule has 0 aliphatic carbocycles. The zero-order valence-corrected chi connectivity index (χ0v) is 12.8. The van der Waals surface area contributed by atoms with E-state index >= 15 is 0 Å². The van der Waals surface area contributed by atoms with Gasteiger partial charge < -0.3 is 21.2 Å². The first-order chi connectivity index (χ1) is 8.02. The average Bonchev–Trinajstić information content (AvgIpc) is 2.75. The molecule has 0 saturated heterocycles. The summed E-state index contributed by atoms with van der Waals surface area (Å²) >= 11 is 0. The second kappa shape index (κ2) is 7.96. The van der Waals surface area contributed by atoms with Gasteiger partial charge in [-0.25, -0.2) is 4.99 Å². The van der Waals surface area contributed by atoms with Crippen molar-refractivity contribution in [2.24, 2.45) is 16.5 Å². The van der Waals surface area contributed by atoms with Gasteiger partial charge in [-0.15, -0.1) is 24.0 Å². The summed E-state index contributed by atoms with van der Waals surface area (Å²) in [5, 5.41) is 3.02. The summed E-state index contributed by atoms with van der Waals surface area (Å²) < 4.78 is 5.16. The fourth-order valence-corrected chi connectivity index (χ4v) is 1.16. The molecule has 1 aromatic heterocycles. The van der Waals surface area contributed by atoms with Crippen molar-refractivity contribution in [1.82, 2.24) is 5.32 Å². The van der Waals surface area contributed by atoms with Crippen LogP contribution in [0.15, 0.2) is 21.5 Å². The quantitative estimate of drug-likeness (QED) is 0.414. The largest absolute Gasteiger partial charge is 0.454 e. The standard InChI is InChI=1S/C11H18N4O2.HI/c1-3-7(2)15-11(13)14-6-8-4-5-9(17-8)10(12)16;/h4-5,7H,3,6H2,1-2H3,(H2,12,16)(H3,13,14,15);1H. The van der Waals surface area contributed by atoms with Crippen LogP contribution in [0.2, 0.25) is 0 Å². The van der Waals surface area contributed by atoms with E-state index in [1.165, 1.54) is 6.07 Å². The Morgan fingerprint density at radius 1 is 1.50 bits per heavy atom. The van der Waals surface area contributed by atoms with Gasteiger partial charge in [0, 0.05) is 6.04 Å². The molecule has 6 nitrogen and oxygen atoms in total. The van der Waals surface area contributed by atoms with Crippen LogP contribution < -0.4 is 16.8 Å². The maximum atomic E-state index is 10.8. The van der Waals surface area contributed by atoms with Crippen LogP contribution in [0.3, 0.4) is 0 Å². The Morgan fingerprint density at radius 3 is 2.67 bits per heavy atom. The minimum absolute atomic E-state index is 0. The van der Waals surface area contributed by atoms with Crippen molar-refractivity contribution < 1.29 is 9.21 Å². The topological polar surface area (TPSA) is 107 Å². The van der Waals surface area contributed by atoms with E-state index in [0.29, 0.717) is 11.7 Å². The third kappa shape index (κ3) is 5.39. The molecule has 18 heavy (non-hydrogen) atoms. The Bertz CT molecular complexity index is 417. The van der Waals surface area contributed by atoms with E-state index in [9.17, 15) is 4.79 Å². The molecule has 7 heteroatoms. The lowest BCUT2D eigenvalue weighted by Gasteiger charge is -2.11. The Labute approximate surface area is 123 Å².